The molecule has 0 aliphatic carbocycles. The Morgan fingerprint density at radius 3 is 2.26 bits per heavy atom. The van der Waals surface area contributed by atoms with Crippen molar-refractivity contribution < 1.29 is 24.3 Å². The fraction of sp³-hybridized carbons (Fsp3) is 0.652. The molecule has 31 heavy (non-hydrogen) atoms. The average molecular weight is 455 g/mol. The number of amides is 1. The van der Waals surface area contributed by atoms with Crippen LogP contribution in [0.25, 0.3) is 0 Å². The van der Waals surface area contributed by atoms with E-state index < -0.39 is 22.6 Å². The summed E-state index contributed by atoms with van der Waals surface area (Å²) in [7, 11) is 0. The van der Waals surface area contributed by atoms with E-state index in [-0.39, 0.29) is 25.0 Å². The quantitative estimate of drug-likeness (QED) is 0.448. The highest BCUT2D eigenvalue weighted by Gasteiger charge is 2.45. The van der Waals surface area contributed by atoms with Gasteiger partial charge >= 0.3 is 5.97 Å². The van der Waals surface area contributed by atoms with E-state index >= 15 is 0 Å². The highest BCUT2D eigenvalue weighted by atomic mass is 35.5. The summed E-state index contributed by atoms with van der Waals surface area (Å²) in [6, 6.07) is 6.72. The Morgan fingerprint density at radius 1 is 1.16 bits per heavy atom. The molecular formula is C23H35ClN2O5. The van der Waals surface area contributed by atoms with Crippen LogP contribution < -0.4 is 10.1 Å². The summed E-state index contributed by atoms with van der Waals surface area (Å²) < 4.78 is 11.0. The Bertz CT molecular complexity index is 759. The molecule has 8 heteroatoms. The van der Waals surface area contributed by atoms with Crippen molar-refractivity contribution in [2.45, 2.75) is 89.9 Å². The number of benzene rings is 1. The third kappa shape index (κ3) is 7.09. The molecule has 1 amide bonds. The SMILES string of the molecule is CC(C)(Oc1ccc(Cl)cc1)C(=O)OCCCC(=O)NC1CC(C)(C)N(O)C(C)(C)C1. The molecule has 0 bridgehead atoms. The second-order valence-electron chi connectivity index (χ2n) is 9.92. The lowest BCUT2D eigenvalue weighted by Gasteiger charge is -2.51. The summed E-state index contributed by atoms with van der Waals surface area (Å²) in [4.78, 5) is 24.7. The number of hydrogen-bond acceptors (Lipinski definition) is 6. The van der Waals surface area contributed by atoms with Crippen molar-refractivity contribution in [2.24, 2.45) is 0 Å². The lowest BCUT2D eigenvalue weighted by Crippen LogP contribution is -2.62. The molecule has 0 radical (unpaired) electrons. The van der Waals surface area contributed by atoms with E-state index in [9.17, 15) is 14.8 Å². The van der Waals surface area contributed by atoms with Gasteiger partial charge in [0.25, 0.3) is 0 Å². The first-order valence-corrected chi connectivity index (χ1v) is 11.0. The van der Waals surface area contributed by atoms with Gasteiger partial charge in [0.05, 0.1) is 6.61 Å². The minimum absolute atomic E-state index is 0.0184. The van der Waals surface area contributed by atoms with E-state index in [0.717, 1.165) is 0 Å². The molecule has 1 aliphatic heterocycles. The number of rotatable bonds is 8. The highest BCUT2D eigenvalue weighted by molar-refractivity contribution is 6.30. The van der Waals surface area contributed by atoms with Crippen molar-refractivity contribution >= 4 is 23.5 Å². The molecule has 2 rings (SSSR count). The van der Waals surface area contributed by atoms with Gasteiger partial charge in [-0.25, -0.2) is 4.79 Å². The van der Waals surface area contributed by atoms with Gasteiger partial charge in [-0.1, -0.05) is 11.6 Å². The summed E-state index contributed by atoms with van der Waals surface area (Å²) >= 11 is 5.86. The lowest BCUT2D eigenvalue weighted by atomic mass is 9.79. The largest absolute Gasteiger partial charge is 0.476 e. The van der Waals surface area contributed by atoms with E-state index in [1.165, 1.54) is 5.06 Å². The summed E-state index contributed by atoms with van der Waals surface area (Å²) in [5.74, 6) is -0.0668. The first kappa shape index (κ1) is 25.4. The molecule has 174 valence electrons. The number of halogens is 1. The van der Waals surface area contributed by atoms with Gasteiger partial charge in [-0.3, -0.25) is 4.79 Å². The van der Waals surface area contributed by atoms with Crippen molar-refractivity contribution in [1.82, 2.24) is 10.4 Å². The van der Waals surface area contributed by atoms with Gasteiger partial charge in [0.1, 0.15) is 5.75 Å². The molecule has 1 aliphatic rings. The van der Waals surface area contributed by atoms with Gasteiger partial charge in [0.15, 0.2) is 5.60 Å². The molecule has 0 aromatic heterocycles. The van der Waals surface area contributed by atoms with Crippen molar-refractivity contribution in [3.8, 4) is 5.75 Å². The standard InChI is InChI=1S/C23H35ClN2O5/c1-21(2)14-17(15-22(3,4)26(21)29)25-19(27)8-7-13-30-20(28)23(5,6)31-18-11-9-16(24)10-12-18/h9-12,17,29H,7-8,13-15H2,1-6H3,(H,25,27). The molecule has 1 heterocycles. The van der Waals surface area contributed by atoms with E-state index in [4.69, 9.17) is 21.1 Å². The minimum Gasteiger partial charge on any atom is -0.476 e. The average Bonchev–Trinajstić information content (AvgIpc) is 2.64. The fourth-order valence-electron chi connectivity index (χ4n) is 4.08. The normalized spacial score (nSPS) is 19.0. The van der Waals surface area contributed by atoms with Gasteiger partial charge < -0.3 is 20.0 Å². The number of nitrogens with one attached hydrogen (secondary N) is 1. The maximum Gasteiger partial charge on any atom is 0.349 e. The van der Waals surface area contributed by atoms with Gasteiger partial charge in [-0.15, -0.1) is 0 Å². The molecule has 2 N–H and O–H groups in total. The summed E-state index contributed by atoms with van der Waals surface area (Å²) in [6.07, 6.45) is 1.99. The summed E-state index contributed by atoms with van der Waals surface area (Å²) in [6.45, 7) is 11.2. The van der Waals surface area contributed by atoms with Gasteiger partial charge in [0.2, 0.25) is 5.91 Å². The highest BCUT2D eigenvalue weighted by Crippen LogP contribution is 2.36. The van der Waals surface area contributed by atoms with Crippen LogP contribution in [0.5, 0.6) is 5.75 Å². The van der Waals surface area contributed by atoms with Gasteiger partial charge in [-0.05, 0) is 85.1 Å². The van der Waals surface area contributed by atoms with E-state index in [0.29, 0.717) is 30.0 Å². The molecule has 1 aromatic carbocycles. The van der Waals surface area contributed by atoms with Gasteiger partial charge in [0, 0.05) is 28.6 Å². The van der Waals surface area contributed by atoms with E-state index in [1.54, 1.807) is 38.1 Å². The number of ether oxygens (including phenoxy) is 2. The number of piperidine rings is 1. The lowest BCUT2D eigenvalue weighted by molar-refractivity contribution is -0.246. The zero-order chi connectivity index (χ0) is 23.4. The number of hydrogen-bond donors (Lipinski definition) is 2. The number of carbonyl (C=O) groups excluding carboxylic acids is 2. The van der Waals surface area contributed by atoms with Gasteiger partial charge in [-0.2, -0.15) is 5.06 Å². The first-order valence-electron chi connectivity index (χ1n) is 10.6. The summed E-state index contributed by atoms with van der Waals surface area (Å²) in [5, 5.41) is 15.4. The van der Waals surface area contributed by atoms with Crippen LogP contribution in [-0.2, 0) is 14.3 Å². The van der Waals surface area contributed by atoms with Crippen molar-refractivity contribution in [3.63, 3.8) is 0 Å². The van der Waals surface area contributed by atoms with E-state index in [1.807, 2.05) is 27.7 Å². The van der Waals surface area contributed by atoms with Crippen LogP contribution in [0.3, 0.4) is 0 Å². The molecule has 1 saturated heterocycles. The maximum absolute atomic E-state index is 12.4. The van der Waals surface area contributed by atoms with Crippen molar-refractivity contribution in [3.05, 3.63) is 29.3 Å². The topological polar surface area (TPSA) is 88.1 Å². The Morgan fingerprint density at radius 2 is 1.71 bits per heavy atom. The van der Waals surface area contributed by atoms with Crippen molar-refractivity contribution in [1.29, 1.82) is 0 Å². The van der Waals surface area contributed by atoms with Crippen LogP contribution in [-0.4, -0.2) is 51.5 Å². The van der Waals surface area contributed by atoms with Crippen LogP contribution in [0.2, 0.25) is 5.02 Å². The predicted molar refractivity (Wildman–Crippen MR) is 119 cm³/mol. The minimum atomic E-state index is -1.16. The van der Waals surface area contributed by atoms with Crippen LogP contribution in [0.15, 0.2) is 24.3 Å². The monoisotopic (exact) mass is 454 g/mol. The number of nitrogens with zero attached hydrogens (tertiary/aromatic N) is 1. The molecule has 1 aromatic rings. The Balaban J connectivity index is 1.74. The smallest absolute Gasteiger partial charge is 0.349 e. The second kappa shape index (κ2) is 9.76. The second-order valence-corrected chi connectivity index (χ2v) is 10.4. The van der Waals surface area contributed by atoms with Crippen LogP contribution in [0, 0.1) is 0 Å². The Labute approximate surface area is 190 Å². The first-order chi connectivity index (χ1) is 14.2. The molecular weight excluding hydrogens is 420 g/mol. The molecule has 7 nitrogen and oxygen atoms in total. The third-order valence-corrected chi connectivity index (χ3v) is 5.72. The number of carbonyl (C=O) groups is 2. The predicted octanol–water partition coefficient (Wildman–Crippen LogP) is 4.35. The Kier molecular flexibility index (Phi) is 8.00. The van der Waals surface area contributed by atoms with Crippen molar-refractivity contribution in [2.75, 3.05) is 6.61 Å². The van der Waals surface area contributed by atoms with Crippen LogP contribution in [0.4, 0.5) is 0 Å². The number of hydroxylamine groups is 2. The molecule has 1 fully saturated rings. The molecule has 0 atom stereocenters. The zero-order valence-electron chi connectivity index (χ0n) is 19.3. The van der Waals surface area contributed by atoms with Crippen LogP contribution in [0.1, 0.15) is 67.2 Å². The number of esters is 1. The zero-order valence-corrected chi connectivity index (χ0v) is 20.1. The fourth-order valence-corrected chi connectivity index (χ4v) is 4.21. The molecule has 0 saturated carbocycles. The molecule has 0 unspecified atom stereocenters. The third-order valence-electron chi connectivity index (χ3n) is 5.46. The van der Waals surface area contributed by atoms with E-state index in [2.05, 4.69) is 5.32 Å². The Hall–Kier alpha value is -1.83. The van der Waals surface area contributed by atoms with Crippen LogP contribution >= 0.6 is 11.6 Å². The molecule has 0 spiro atoms. The summed E-state index contributed by atoms with van der Waals surface area (Å²) in [5.41, 5.74) is -2.01. The maximum atomic E-state index is 12.4.